The van der Waals surface area contributed by atoms with Gasteiger partial charge in [-0.2, -0.15) is 0 Å². The highest BCUT2D eigenvalue weighted by Gasteiger charge is 2.32. The van der Waals surface area contributed by atoms with E-state index < -0.39 is 24.0 Å². The minimum absolute atomic E-state index is 0.200. The summed E-state index contributed by atoms with van der Waals surface area (Å²) >= 11 is 0. The number of rotatable bonds is 11. The van der Waals surface area contributed by atoms with Gasteiger partial charge in [0.25, 0.3) is 0 Å². The predicted molar refractivity (Wildman–Crippen MR) is 139 cm³/mol. The molecular weight excluding hydrogens is 468 g/mol. The van der Waals surface area contributed by atoms with Crippen molar-refractivity contribution >= 4 is 11.8 Å². The fourth-order valence-electron chi connectivity index (χ4n) is 3.82. The first kappa shape index (κ1) is 25.7. The summed E-state index contributed by atoms with van der Waals surface area (Å²) in [5.41, 5.74) is 2.63. The smallest absolute Gasteiger partial charge is 0.303 e. The molecule has 0 spiro atoms. The lowest BCUT2D eigenvalue weighted by atomic mass is 9.96. The molecule has 4 rings (SSSR count). The second-order valence-electron chi connectivity index (χ2n) is 8.45. The van der Waals surface area contributed by atoms with E-state index in [9.17, 15) is 14.7 Å². The van der Waals surface area contributed by atoms with Gasteiger partial charge >= 0.3 is 5.97 Å². The van der Waals surface area contributed by atoms with E-state index in [0.717, 1.165) is 11.1 Å². The van der Waals surface area contributed by atoms with Crippen LogP contribution >= 0.6 is 0 Å². The summed E-state index contributed by atoms with van der Waals surface area (Å²) in [4.78, 5) is 25.2. The van der Waals surface area contributed by atoms with Gasteiger partial charge in [-0.15, -0.1) is 0 Å². The van der Waals surface area contributed by atoms with Gasteiger partial charge in [-0.25, -0.2) is 0 Å². The molecule has 0 bridgehead atoms. The molecule has 37 heavy (non-hydrogen) atoms. The van der Waals surface area contributed by atoms with Crippen LogP contribution in [-0.2, 0) is 22.7 Å². The summed E-state index contributed by atoms with van der Waals surface area (Å²) in [6.07, 6.45) is -2.84. The molecule has 0 fully saturated rings. The fraction of sp³-hybridized carbons (Fsp3) is 0.161. The molecule has 188 valence electrons. The zero-order valence-electron chi connectivity index (χ0n) is 20.4. The van der Waals surface area contributed by atoms with Crippen molar-refractivity contribution in [1.82, 2.24) is 0 Å². The molecule has 0 saturated carbocycles. The van der Waals surface area contributed by atoms with E-state index in [-0.39, 0.29) is 12.2 Å². The van der Waals surface area contributed by atoms with Crippen molar-refractivity contribution in [2.24, 2.45) is 0 Å². The lowest BCUT2D eigenvalue weighted by Gasteiger charge is -2.23. The largest absolute Gasteiger partial charge is 0.489 e. The third-order valence-electron chi connectivity index (χ3n) is 5.69. The van der Waals surface area contributed by atoms with E-state index in [1.54, 1.807) is 48.5 Å². The van der Waals surface area contributed by atoms with Crippen molar-refractivity contribution in [2.45, 2.75) is 32.3 Å². The van der Waals surface area contributed by atoms with E-state index in [0.29, 0.717) is 23.7 Å². The van der Waals surface area contributed by atoms with Crippen LogP contribution in [-0.4, -0.2) is 23.0 Å². The van der Waals surface area contributed by atoms with Crippen molar-refractivity contribution in [3.8, 4) is 11.5 Å². The van der Waals surface area contributed by atoms with Crippen molar-refractivity contribution < 1.29 is 28.9 Å². The number of hydrogen-bond donors (Lipinski definition) is 1. The first-order valence-corrected chi connectivity index (χ1v) is 11.9. The summed E-state index contributed by atoms with van der Waals surface area (Å²) < 4.78 is 17.1. The first-order chi connectivity index (χ1) is 18.0. The number of para-hydroxylation sites is 1. The van der Waals surface area contributed by atoms with Crippen LogP contribution in [0.4, 0.5) is 0 Å². The summed E-state index contributed by atoms with van der Waals surface area (Å²) in [5, 5.41) is 11.1. The molecule has 2 atom stereocenters. The quantitative estimate of drug-likeness (QED) is 0.212. The maximum Gasteiger partial charge on any atom is 0.303 e. The third kappa shape index (κ3) is 7.06. The fourth-order valence-corrected chi connectivity index (χ4v) is 3.82. The van der Waals surface area contributed by atoms with Gasteiger partial charge in [0.05, 0.1) is 5.56 Å². The molecule has 0 aliphatic heterocycles. The second-order valence-corrected chi connectivity index (χ2v) is 8.45. The van der Waals surface area contributed by atoms with E-state index in [1.807, 2.05) is 60.7 Å². The maximum atomic E-state index is 13.4. The number of esters is 1. The molecule has 0 aliphatic carbocycles. The average Bonchev–Trinajstić information content (AvgIpc) is 2.94. The van der Waals surface area contributed by atoms with Gasteiger partial charge in [-0.05, 0) is 41.0 Å². The highest BCUT2D eigenvalue weighted by atomic mass is 16.6. The number of ketones is 1. The molecule has 0 heterocycles. The zero-order valence-corrected chi connectivity index (χ0v) is 20.4. The molecule has 0 radical (unpaired) electrons. The van der Waals surface area contributed by atoms with Crippen molar-refractivity contribution in [3.05, 3.63) is 131 Å². The summed E-state index contributed by atoms with van der Waals surface area (Å²) in [5.74, 6) is -0.287. The highest BCUT2D eigenvalue weighted by Crippen LogP contribution is 2.29. The molecule has 6 nitrogen and oxygen atoms in total. The van der Waals surface area contributed by atoms with Gasteiger partial charge in [0.2, 0.25) is 0 Å². The van der Waals surface area contributed by atoms with E-state index in [4.69, 9.17) is 14.2 Å². The molecule has 0 aliphatic rings. The minimum atomic E-state index is -1.64. The van der Waals surface area contributed by atoms with Crippen molar-refractivity contribution in [3.63, 3.8) is 0 Å². The second kappa shape index (κ2) is 12.5. The summed E-state index contributed by atoms with van der Waals surface area (Å²) in [6, 6.07) is 32.8. The van der Waals surface area contributed by atoms with Gasteiger partial charge in [0.15, 0.2) is 18.0 Å². The molecule has 6 heteroatoms. The first-order valence-electron chi connectivity index (χ1n) is 11.9. The number of Topliss-reactive ketones (excluding diaryl/α,β-unsaturated/α-hetero) is 1. The van der Waals surface area contributed by atoms with Gasteiger partial charge in [0, 0.05) is 6.92 Å². The summed E-state index contributed by atoms with van der Waals surface area (Å²) in [6.45, 7) is 1.89. The topological polar surface area (TPSA) is 82.1 Å². The van der Waals surface area contributed by atoms with Crippen LogP contribution < -0.4 is 9.47 Å². The molecule has 0 aromatic heterocycles. The van der Waals surface area contributed by atoms with E-state index >= 15 is 0 Å². The molecule has 1 N–H and O–H groups in total. The van der Waals surface area contributed by atoms with Crippen LogP contribution in [0.1, 0.15) is 40.1 Å². The molecule has 4 aromatic carbocycles. The van der Waals surface area contributed by atoms with Gasteiger partial charge in [-0.3, -0.25) is 9.59 Å². The molecule has 4 aromatic rings. The lowest BCUT2D eigenvalue weighted by Crippen LogP contribution is -2.31. The number of aliphatic hydroxyl groups is 1. The molecule has 0 saturated heterocycles. The Morgan fingerprint density at radius 3 is 1.84 bits per heavy atom. The Balaban J connectivity index is 1.49. The monoisotopic (exact) mass is 496 g/mol. The third-order valence-corrected chi connectivity index (χ3v) is 5.69. The Kier molecular flexibility index (Phi) is 8.68. The van der Waals surface area contributed by atoms with Crippen LogP contribution in [0, 0.1) is 0 Å². The van der Waals surface area contributed by atoms with E-state index in [2.05, 4.69) is 0 Å². The van der Waals surface area contributed by atoms with Crippen LogP contribution in [0.25, 0.3) is 0 Å². The molecule has 2 unspecified atom stereocenters. The van der Waals surface area contributed by atoms with Crippen LogP contribution in [0.2, 0.25) is 0 Å². The number of carbonyl (C=O) groups excluding carboxylic acids is 2. The minimum Gasteiger partial charge on any atom is -0.489 e. The average molecular weight is 497 g/mol. The standard InChI is InChI=1S/C31H28O6/c1-22(32)37-31(25-16-18-26(19-17-25)35-20-23-10-4-2-5-11-23)30(34)29(33)27-14-8-9-15-28(27)36-21-24-12-6-3-7-13-24/h2-19,30-31,34H,20-21H2,1H3. The van der Waals surface area contributed by atoms with Crippen molar-refractivity contribution in [1.29, 1.82) is 0 Å². The van der Waals surface area contributed by atoms with Crippen LogP contribution in [0.3, 0.4) is 0 Å². The Labute approximate surface area is 216 Å². The van der Waals surface area contributed by atoms with Gasteiger partial charge < -0.3 is 19.3 Å². The zero-order chi connectivity index (χ0) is 26.0. The number of aliphatic hydroxyl groups excluding tert-OH is 1. The van der Waals surface area contributed by atoms with Crippen LogP contribution in [0.15, 0.2) is 109 Å². The van der Waals surface area contributed by atoms with Crippen LogP contribution in [0.5, 0.6) is 11.5 Å². The normalized spacial score (nSPS) is 12.3. The summed E-state index contributed by atoms with van der Waals surface area (Å²) in [7, 11) is 0. The maximum absolute atomic E-state index is 13.4. The number of carbonyl (C=O) groups is 2. The van der Waals surface area contributed by atoms with Crippen molar-refractivity contribution in [2.75, 3.05) is 0 Å². The Morgan fingerprint density at radius 2 is 1.24 bits per heavy atom. The van der Waals surface area contributed by atoms with Gasteiger partial charge in [-0.1, -0.05) is 84.9 Å². The SMILES string of the molecule is CC(=O)OC(c1ccc(OCc2ccccc2)cc1)C(O)C(=O)c1ccccc1OCc1ccccc1. The Bertz CT molecular complexity index is 1300. The Hall–Kier alpha value is -4.42. The van der Waals surface area contributed by atoms with Gasteiger partial charge in [0.1, 0.15) is 24.7 Å². The van der Waals surface area contributed by atoms with E-state index in [1.165, 1.54) is 6.92 Å². The lowest BCUT2D eigenvalue weighted by molar-refractivity contribution is -0.151. The Morgan fingerprint density at radius 1 is 0.703 bits per heavy atom. The molecular formula is C31H28O6. The number of hydrogen-bond acceptors (Lipinski definition) is 6. The number of benzene rings is 4. The highest BCUT2D eigenvalue weighted by molar-refractivity contribution is 6.02. The predicted octanol–water partition coefficient (Wildman–Crippen LogP) is 5.69. The number of ether oxygens (including phenoxy) is 3. The molecule has 0 amide bonds.